The first-order valence-corrected chi connectivity index (χ1v) is 10.8. The van der Waals surface area contributed by atoms with Crippen LogP contribution >= 0.6 is 22.7 Å². The SMILES string of the molecule is O=C(CCC(=O)c1cccs1)Nc1cccc(-c2csc(-c3ccncc3)n2)c1. The third kappa shape index (κ3) is 4.82. The molecule has 0 saturated heterocycles. The van der Waals surface area contributed by atoms with Crippen LogP contribution in [0.4, 0.5) is 5.69 Å². The second-order valence-electron chi connectivity index (χ2n) is 6.30. The number of pyridine rings is 1. The van der Waals surface area contributed by atoms with Gasteiger partial charge >= 0.3 is 0 Å². The van der Waals surface area contributed by atoms with E-state index in [2.05, 4.69) is 10.3 Å². The molecule has 144 valence electrons. The molecule has 3 aromatic heterocycles. The van der Waals surface area contributed by atoms with Crippen molar-refractivity contribution >= 4 is 40.1 Å². The molecule has 1 amide bonds. The second-order valence-corrected chi connectivity index (χ2v) is 8.11. The predicted molar refractivity (Wildman–Crippen MR) is 117 cm³/mol. The summed E-state index contributed by atoms with van der Waals surface area (Å²) in [5, 5.41) is 7.65. The zero-order valence-electron chi connectivity index (χ0n) is 15.4. The number of nitrogens with one attached hydrogen (secondary N) is 1. The lowest BCUT2D eigenvalue weighted by molar-refractivity contribution is -0.116. The van der Waals surface area contributed by atoms with Crippen molar-refractivity contribution in [1.82, 2.24) is 9.97 Å². The van der Waals surface area contributed by atoms with Crippen molar-refractivity contribution in [2.45, 2.75) is 12.8 Å². The van der Waals surface area contributed by atoms with Gasteiger partial charge in [0, 0.05) is 47.4 Å². The highest BCUT2D eigenvalue weighted by molar-refractivity contribution is 7.13. The minimum absolute atomic E-state index is 0.00462. The fourth-order valence-corrected chi connectivity index (χ4v) is 4.33. The van der Waals surface area contributed by atoms with Gasteiger partial charge in [0.1, 0.15) is 5.01 Å². The average molecular weight is 420 g/mol. The van der Waals surface area contributed by atoms with Crippen LogP contribution in [0.1, 0.15) is 22.5 Å². The van der Waals surface area contributed by atoms with Crippen molar-refractivity contribution in [3.8, 4) is 21.8 Å². The van der Waals surface area contributed by atoms with Gasteiger partial charge in [-0.15, -0.1) is 22.7 Å². The largest absolute Gasteiger partial charge is 0.326 e. The van der Waals surface area contributed by atoms with Gasteiger partial charge in [0.05, 0.1) is 10.6 Å². The fourth-order valence-electron chi connectivity index (χ4n) is 2.80. The Bertz CT molecular complexity index is 1120. The molecule has 0 fully saturated rings. The molecule has 0 bridgehead atoms. The van der Waals surface area contributed by atoms with E-state index < -0.39 is 0 Å². The van der Waals surface area contributed by atoms with E-state index in [9.17, 15) is 9.59 Å². The normalized spacial score (nSPS) is 10.6. The molecule has 0 saturated carbocycles. The zero-order valence-corrected chi connectivity index (χ0v) is 17.0. The van der Waals surface area contributed by atoms with E-state index >= 15 is 0 Å². The summed E-state index contributed by atoms with van der Waals surface area (Å²) in [5.74, 6) is -0.183. The summed E-state index contributed by atoms with van der Waals surface area (Å²) in [6.07, 6.45) is 3.85. The average Bonchev–Trinajstić information content (AvgIpc) is 3.45. The summed E-state index contributed by atoms with van der Waals surface area (Å²) >= 11 is 2.96. The highest BCUT2D eigenvalue weighted by Crippen LogP contribution is 2.29. The molecule has 1 N–H and O–H groups in total. The molecular formula is C22H17N3O2S2. The standard InChI is InChI=1S/C22H17N3O2S2/c26-19(20-5-2-12-28-20)6-7-21(27)24-17-4-1-3-16(13-17)18-14-29-22(25-18)15-8-10-23-11-9-15/h1-5,8-14H,6-7H2,(H,24,27). The van der Waals surface area contributed by atoms with Crippen LogP contribution in [0.3, 0.4) is 0 Å². The Hall–Kier alpha value is -3.16. The van der Waals surface area contributed by atoms with E-state index in [4.69, 9.17) is 4.98 Å². The van der Waals surface area contributed by atoms with Crippen LogP contribution in [0.2, 0.25) is 0 Å². The van der Waals surface area contributed by atoms with Crippen molar-refractivity contribution in [1.29, 1.82) is 0 Å². The zero-order chi connectivity index (χ0) is 20.1. The number of nitrogens with zero attached hydrogens (tertiary/aromatic N) is 2. The topological polar surface area (TPSA) is 72.0 Å². The first-order valence-electron chi connectivity index (χ1n) is 9.02. The van der Waals surface area contributed by atoms with Gasteiger partial charge in [-0.25, -0.2) is 4.98 Å². The molecule has 5 nitrogen and oxygen atoms in total. The first kappa shape index (κ1) is 19.2. The van der Waals surface area contributed by atoms with Crippen LogP contribution in [-0.4, -0.2) is 21.7 Å². The molecule has 29 heavy (non-hydrogen) atoms. The van der Waals surface area contributed by atoms with Gasteiger partial charge < -0.3 is 5.32 Å². The van der Waals surface area contributed by atoms with Crippen molar-refractivity contribution in [3.63, 3.8) is 0 Å². The molecule has 0 radical (unpaired) electrons. The highest BCUT2D eigenvalue weighted by Gasteiger charge is 2.11. The number of rotatable bonds is 7. The minimum Gasteiger partial charge on any atom is -0.326 e. The summed E-state index contributed by atoms with van der Waals surface area (Å²) < 4.78 is 0. The Morgan fingerprint density at radius 1 is 0.931 bits per heavy atom. The summed E-state index contributed by atoms with van der Waals surface area (Å²) in [5.41, 5.74) is 3.49. The van der Waals surface area contributed by atoms with E-state index in [0.29, 0.717) is 10.6 Å². The van der Waals surface area contributed by atoms with E-state index in [-0.39, 0.29) is 24.5 Å². The number of thiazole rings is 1. The van der Waals surface area contributed by atoms with Crippen LogP contribution in [0.15, 0.2) is 71.7 Å². The Morgan fingerprint density at radius 3 is 2.59 bits per heavy atom. The van der Waals surface area contributed by atoms with Crippen LogP contribution < -0.4 is 5.32 Å². The Kier molecular flexibility index (Phi) is 5.88. The number of benzene rings is 1. The van der Waals surface area contributed by atoms with E-state index in [1.807, 2.05) is 53.2 Å². The lowest BCUT2D eigenvalue weighted by atomic mass is 10.1. The van der Waals surface area contributed by atoms with Crippen LogP contribution in [0.5, 0.6) is 0 Å². The van der Waals surface area contributed by atoms with Gasteiger partial charge in [-0.2, -0.15) is 0 Å². The second kappa shape index (κ2) is 8.89. The number of Topliss-reactive ketones (excluding diaryl/α,β-unsaturated/α-hetero) is 1. The van der Waals surface area contributed by atoms with Gasteiger partial charge in [-0.3, -0.25) is 14.6 Å². The molecule has 3 heterocycles. The molecule has 0 aliphatic rings. The van der Waals surface area contributed by atoms with Gasteiger partial charge in [0.2, 0.25) is 5.91 Å². The fraction of sp³-hybridized carbons (Fsp3) is 0.0909. The number of anilines is 1. The maximum atomic E-state index is 12.2. The van der Waals surface area contributed by atoms with Crippen molar-refractivity contribution in [3.05, 3.63) is 76.6 Å². The van der Waals surface area contributed by atoms with Crippen LogP contribution in [0.25, 0.3) is 21.8 Å². The molecule has 0 aliphatic heterocycles. The van der Waals surface area contributed by atoms with Crippen molar-refractivity contribution in [2.24, 2.45) is 0 Å². The van der Waals surface area contributed by atoms with Crippen LogP contribution in [0, 0.1) is 0 Å². The molecular weight excluding hydrogens is 402 g/mol. The lowest BCUT2D eigenvalue weighted by Crippen LogP contribution is -2.13. The van der Waals surface area contributed by atoms with E-state index in [1.165, 1.54) is 11.3 Å². The van der Waals surface area contributed by atoms with Gasteiger partial charge in [-0.05, 0) is 35.7 Å². The maximum absolute atomic E-state index is 12.2. The molecule has 1 aromatic carbocycles. The van der Waals surface area contributed by atoms with Crippen molar-refractivity contribution < 1.29 is 9.59 Å². The minimum atomic E-state index is -0.178. The Balaban J connectivity index is 1.40. The molecule has 4 aromatic rings. The summed E-state index contributed by atoms with van der Waals surface area (Å²) in [6, 6.07) is 15.0. The third-order valence-electron chi connectivity index (χ3n) is 4.25. The smallest absolute Gasteiger partial charge is 0.224 e. The lowest BCUT2D eigenvalue weighted by Gasteiger charge is -2.06. The maximum Gasteiger partial charge on any atom is 0.224 e. The van der Waals surface area contributed by atoms with Gasteiger partial charge in [0.15, 0.2) is 5.78 Å². The van der Waals surface area contributed by atoms with E-state index in [1.54, 1.807) is 29.8 Å². The highest BCUT2D eigenvalue weighted by atomic mass is 32.1. The number of carbonyl (C=O) groups excluding carboxylic acids is 2. The number of ketones is 1. The number of hydrogen-bond acceptors (Lipinski definition) is 6. The van der Waals surface area contributed by atoms with Gasteiger partial charge in [-0.1, -0.05) is 18.2 Å². The molecule has 0 aliphatic carbocycles. The monoisotopic (exact) mass is 419 g/mol. The number of carbonyl (C=O) groups is 2. The molecule has 4 rings (SSSR count). The first-order chi connectivity index (χ1) is 14.2. The number of amides is 1. The molecule has 0 spiro atoms. The Labute approximate surface area is 176 Å². The summed E-state index contributed by atoms with van der Waals surface area (Å²) in [4.78, 5) is 33.7. The predicted octanol–water partition coefficient (Wildman–Crippen LogP) is 5.54. The Morgan fingerprint density at radius 2 is 1.79 bits per heavy atom. The molecule has 0 atom stereocenters. The number of aromatic nitrogens is 2. The van der Waals surface area contributed by atoms with Crippen molar-refractivity contribution in [2.75, 3.05) is 5.32 Å². The quantitative estimate of drug-likeness (QED) is 0.400. The summed E-state index contributed by atoms with van der Waals surface area (Å²) in [7, 11) is 0. The molecule has 0 unspecified atom stereocenters. The summed E-state index contributed by atoms with van der Waals surface area (Å²) in [6.45, 7) is 0. The van der Waals surface area contributed by atoms with Crippen LogP contribution in [-0.2, 0) is 4.79 Å². The number of thiophene rings is 1. The number of hydrogen-bond donors (Lipinski definition) is 1. The van der Waals surface area contributed by atoms with E-state index in [0.717, 1.165) is 21.8 Å². The van der Waals surface area contributed by atoms with Gasteiger partial charge in [0.25, 0.3) is 0 Å². The third-order valence-corrected chi connectivity index (χ3v) is 6.05. The molecule has 7 heteroatoms.